The molecule has 0 spiro atoms. The molecule has 3 aromatic rings. The summed E-state index contributed by atoms with van der Waals surface area (Å²) in [4.78, 5) is 23.6. The maximum absolute atomic E-state index is 14.8. The Hall–Kier alpha value is -2.73. The number of rotatable bonds is 4. The third kappa shape index (κ3) is 3.85. The highest BCUT2D eigenvalue weighted by Gasteiger charge is 2.46. The van der Waals surface area contributed by atoms with Crippen molar-refractivity contribution in [2.75, 3.05) is 26.3 Å². The van der Waals surface area contributed by atoms with E-state index in [0.717, 1.165) is 36.0 Å². The van der Waals surface area contributed by atoms with Gasteiger partial charge >= 0.3 is 0 Å². The quantitative estimate of drug-likeness (QED) is 0.686. The SMILES string of the molecule is O=C(N1CCOC[C@H](Cc2ccc3cc[nH]c3n2)C1)C1(c2ccccc2F)CCCC1. The summed E-state index contributed by atoms with van der Waals surface area (Å²) in [6.07, 6.45) is 5.95. The van der Waals surface area contributed by atoms with Crippen LogP contribution in [0.5, 0.6) is 0 Å². The van der Waals surface area contributed by atoms with Gasteiger partial charge in [0.05, 0.1) is 18.6 Å². The van der Waals surface area contributed by atoms with Crippen molar-refractivity contribution in [3.63, 3.8) is 0 Å². The van der Waals surface area contributed by atoms with Crippen LogP contribution in [0.1, 0.15) is 36.9 Å². The smallest absolute Gasteiger partial charge is 0.233 e. The zero-order chi connectivity index (χ0) is 21.3. The van der Waals surface area contributed by atoms with Crippen LogP contribution in [0, 0.1) is 11.7 Å². The second-order valence-electron chi connectivity index (χ2n) is 8.88. The lowest BCUT2D eigenvalue weighted by molar-refractivity contribution is -0.138. The molecule has 5 nitrogen and oxygen atoms in total. The number of halogens is 1. The van der Waals surface area contributed by atoms with Crippen LogP contribution in [-0.4, -0.2) is 47.1 Å². The number of carbonyl (C=O) groups is 1. The van der Waals surface area contributed by atoms with Gasteiger partial charge in [0, 0.05) is 41.8 Å². The van der Waals surface area contributed by atoms with Gasteiger partial charge in [-0.1, -0.05) is 31.0 Å². The molecule has 6 heteroatoms. The van der Waals surface area contributed by atoms with Crippen LogP contribution in [0.4, 0.5) is 4.39 Å². The molecule has 3 heterocycles. The van der Waals surface area contributed by atoms with Crippen LogP contribution >= 0.6 is 0 Å². The summed E-state index contributed by atoms with van der Waals surface area (Å²) in [5, 5.41) is 1.09. The Balaban J connectivity index is 1.38. The normalized spacial score (nSPS) is 21.3. The lowest BCUT2D eigenvalue weighted by Gasteiger charge is -2.35. The van der Waals surface area contributed by atoms with E-state index in [-0.39, 0.29) is 17.6 Å². The van der Waals surface area contributed by atoms with Crippen LogP contribution < -0.4 is 0 Å². The number of aromatic amines is 1. The molecule has 2 aliphatic rings. The van der Waals surface area contributed by atoms with Crippen LogP contribution in [0.2, 0.25) is 0 Å². The maximum atomic E-state index is 14.8. The van der Waals surface area contributed by atoms with Crippen molar-refractivity contribution in [2.24, 2.45) is 5.92 Å². The van der Waals surface area contributed by atoms with Gasteiger partial charge in [-0.2, -0.15) is 0 Å². The summed E-state index contributed by atoms with van der Waals surface area (Å²) in [6, 6.07) is 12.9. The highest BCUT2D eigenvalue weighted by molar-refractivity contribution is 5.89. The Bertz CT molecular complexity index is 1070. The Labute approximate surface area is 181 Å². The number of carbonyl (C=O) groups excluding carboxylic acids is 1. The molecule has 0 unspecified atom stereocenters. The molecule has 2 fully saturated rings. The fourth-order valence-electron chi connectivity index (χ4n) is 5.30. The number of pyridine rings is 1. The topological polar surface area (TPSA) is 58.2 Å². The van der Waals surface area contributed by atoms with Crippen molar-refractivity contribution in [3.8, 4) is 0 Å². The molecule has 1 aliphatic carbocycles. The van der Waals surface area contributed by atoms with Gasteiger partial charge in [-0.3, -0.25) is 4.79 Å². The number of H-pyrrole nitrogens is 1. The summed E-state index contributed by atoms with van der Waals surface area (Å²) in [5.74, 6) is -0.0624. The molecule has 162 valence electrons. The first-order chi connectivity index (χ1) is 15.2. The number of nitrogens with zero attached hydrogens (tertiary/aromatic N) is 2. The van der Waals surface area contributed by atoms with Gasteiger partial charge in [-0.05, 0) is 43.5 Å². The molecule has 1 saturated heterocycles. The number of amides is 1. The minimum absolute atomic E-state index is 0.0541. The van der Waals surface area contributed by atoms with E-state index in [1.54, 1.807) is 12.1 Å². The molecule has 1 N–H and O–H groups in total. The van der Waals surface area contributed by atoms with Crippen molar-refractivity contribution in [1.29, 1.82) is 0 Å². The first-order valence-corrected chi connectivity index (χ1v) is 11.2. The number of aromatic nitrogens is 2. The Morgan fingerprint density at radius 1 is 1.19 bits per heavy atom. The predicted octanol–water partition coefficient (Wildman–Crippen LogP) is 4.23. The van der Waals surface area contributed by atoms with Crippen molar-refractivity contribution in [3.05, 3.63) is 65.7 Å². The first-order valence-electron chi connectivity index (χ1n) is 11.2. The second-order valence-corrected chi connectivity index (χ2v) is 8.88. The minimum atomic E-state index is -0.748. The van der Waals surface area contributed by atoms with Gasteiger partial charge in [0.2, 0.25) is 5.91 Å². The Kier molecular flexibility index (Phi) is 5.48. The minimum Gasteiger partial charge on any atom is -0.379 e. The number of hydrogen-bond donors (Lipinski definition) is 1. The molecular weight excluding hydrogens is 393 g/mol. The maximum Gasteiger partial charge on any atom is 0.233 e. The molecule has 2 aromatic heterocycles. The second kappa shape index (κ2) is 8.42. The molecule has 1 saturated carbocycles. The van der Waals surface area contributed by atoms with Gasteiger partial charge in [0.1, 0.15) is 11.5 Å². The zero-order valence-electron chi connectivity index (χ0n) is 17.6. The van der Waals surface area contributed by atoms with E-state index in [4.69, 9.17) is 9.72 Å². The fraction of sp³-hybridized carbons (Fsp3) is 0.440. The van der Waals surface area contributed by atoms with E-state index < -0.39 is 5.41 Å². The molecule has 0 bridgehead atoms. The van der Waals surface area contributed by atoms with Crippen LogP contribution in [0.25, 0.3) is 11.0 Å². The molecule has 1 aliphatic heterocycles. The lowest BCUT2D eigenvalue weighted by atomic mass is 9.77. The number of ether oxygens (including phenoxy) is 1. The molecule has 1 amide bonds. The van der Waals surface area contributed by atoms with Gasteiger partial charge in [0.25, 0.3) is 0 Å². The standard InChI is InChI=1S/C25H28FN3O2/c26-22-6-2-1-5-21(22)25(10-3-4-11-25)24(30)29-13-14-31-17-18(16-29)15-20-8-7-19-9-12-27-23(19)28-20/h1-2,5-9,12,18H,3-4,10-11,13-17H2,(H,27,28)/t18-/m1/s1. The van der Waals surface area contributed by atoms with E-state index >= 15 is 0 Å². The molecule has 1 aromatic carbocycles. The molecular formula is C25H28FN3O2. The van der Waals surface area contributed by atoms with Gasteiger partial charge < -0.3 is 14.6 Å². The van der Waals surface area contributed by atoms with Crippen LogP contribution in [-0.2, 0) is 21.4 Å². The lowest BCUT2D eigenvalue weighted by Crippen LogP contribution is -2.48. The molecule has 31 heavy (non-hydrogen) atoms. The number of fused-ring (bicyclic) bond motifs is 1. The first kappa shape index (κ1) is 20.2. The molecule has 5 rings (SSSR count). The Morgan fingerprint density at radius 3 is 2.87 bits per heavy atom. The van der Waals surface area contributed by atoms with Crippen molar-refractivity contribution < 1.29 is 13.9 Å². The Morgan fingerprint density at radius 2 is 2.03 bits per heavy atom. The number of nitrogens with one attached hydrogen (secondary N) is 1. The van der Waals surface area contributed by atoms with Gasteiger partial charge in [-0.15, -0.1) is 0 Å². The zero-order valence-corrected chi connectivity index (χ0v) is 17.6. The van der Waals surface area contributed by atoms with E-state index in [0.29, 0.717) is 44.7 Å². The fourth-order valence-corrected chi connectivity index (χ4v) is 5.30. The van der Waals surface area contributed by atoms with Gasteiger partial charge in [0.15, 0.2) is 0 Å². The monoisotopic (exact) mass is 421 g/mol. The van der Waals surface area contributed by atoms with Crippen molar-refractivity contribution >= 4 is 16.9 Å². The molecule has 1 atom stereocenters. The summed E-state index contributed by atoms with van der Waals surface area (Å²) in [5.41, 5.74) is 1.67. The third-order valence-electron chi connectivity index (χ3n) is 6.85. The summed E-state index contributed by atoms with van der Waals surface area (Å²) in [6.45, 7) is 2.27. The largest absolute Gasteiger partial charge is 0.379 e. The number of benzene rings is 1. The van der Waals surface area contributed by atoms with Crippen LogP contribution in [0.3, 0.4) is 0 Å². The van der Waals surface area contributed by atoms with Crippen molar-refractivity contribution in [1.82, 2.24) is 14.9 Å². The summed E-state index contributed by atoms with van der Waals surface area (Å²) in [7, 11) is 0. The third-order valence-corrected chi connectivity index (χ3v) is 6.85. The van der Waals surface area contributed by atoms with E-state index in [2.05, 4.69) is 11.1 Å². The summed E-state index contributed by atoms with van der Waals surface area (Å²) >= 11 is 0. The number of hydrogen-bond acceptors (Lipinski definition) is 3. The van der Waals surface area contributed by atoms with Gasteiger partial charge in [-0.25, -0.2) is 9.37 Å². The highest BCUT2D eigenvalue weighted by atomic mass is 19.1. The summed E-state index contributed by atoms with van der Waals surface area (Å²) < 4.78 is 20.6. The van der Waals surface area contributed by atoms with E-state index in [1.807, 2.05) is 29.3 Å². The average molecular weight is 422 g/mol. The average Bonchev–Trinajstić information content (AvgIpc) is 3.40. The van der Waals surface area contributed by atoms with Crippen molar-refractivity contribution in [2.45, 2.75) is 37.5 Å². The van der Waals surface area contributed by atoms with Crippen LogP contribution in [0.15, 0.2) is 48.7 Å². The highest BCUT2D eigenvalue weighted by Crippen LogP contribution is 2.44. The van der Waals surface area contributed by atoms with E-state index in [1.165, 1.54) is 6.07 Å². The van der Waals surface area contributed by atoms with E-state index in [9.17, 15) is 9.18 Å². The predicted molar refractivity (Wildman–Crippen MR) is 117 cm³/mol. The molecule has 0 radical (unpaired) electrons.